The van der Waals surface area contributed by atoms with E-state index in [1.54, 1.807) is 24.4 Å². The molecule has 0 fully saturated rings. The number of hydrogen-bond acceptors (Lipinski definition) is 2. The molecule has 0 aliphatic heterocycles. The summed E-state index contributed by atoms with van der Waals surface area (Å²) < 4.78 is 82.2. The van der Waals surface area contributed by atoms with Crippen molar-refractivity contribution in [2.24, 2.45) is 0 Å². The minimum absolute atomic E-state index is 0.0338. The summed E-state index contributed by atoms with van der Waals surface area (Å²) in [4.78, 5) is 4.09. The monoisotopic (exact) mass is 552 g/mol. The van der Waals surface area contributed by atoms with E-state index < -0.39 is 29.9 Å². The van der Waals surface area contributed by atoms with Crippen molar-refractivity contribution >= 4 is 40.4 Å². The Bertz CT molecular complexity index is 1190. The summed E-state index contributed by atoms with van der Waals surface area (Å²) in [6.45, 7) is 0.154. The zero-order valence-electron chi connectivity index (χ0n) is 17.7. The standard InChI is InChI=1S/C24H17Cl3F6N2/c25-20-10-16(11-21(26)22(20)27)18(23(28,29)30)7-5-14-4-6-15(19(9-14)24(31,32)33)12-34-13-17-3-1-2-8-35-17/h1-4,6-11,34H,5,12-13H2. The van der Waals surface area contributed by atoms with Gasteiger partial charge in [-0.15, -0.1) is 0 Å². The summed E-state index contributed by atoms with van der Waals surface area (Å²) >= 11 is 17.5. The van der Waals surface area contributed by atoms with E-state index in [4.69, 9.17) is 34.8 Å². The van der Waals surface area contributed by atoms with Gasteiger partial charge in [0.1, 0.15) is 0 Å². The van der Waals surface area contributed by atoms with Crippen molar-refractivity contribution in [1.82, 2.24) is 10.3 Å². The van der Waals surface area contributed by atoms with Gasteiger partial charge < -0.3 is 5.32 Å². The maximum absolute atomic E-state index is 13.7. The molecular weight excluding hydrogens is 537 g/mol. The third-order valence-corrected chi connectivity index (χ3v) is 6.17. The number of rotatable bonds is 7. The first-order valence-corrected chi connectivity index (χ1v) is 11.2. The zero-order valence-corrected chi connectivity index (χ0v) is 20.0. The Labute approximate surface area is 212 Å². The highest BCUT2D eigenvalue weighted by Crippen LogP contribution is 2.40. The minimum atomic E-state index is -4.80. The van der Waals surface area contributed by atoms with Crippen LogP contribution < -0.4 is 5.32 Å². The molecule has 0 bridgehead atoms. The van der Waals surface area contributed by atoms with Crippen molar-refractivity contribution in [3.63, 3.8) is 0 Å². The average molecular weight is 554 g/mol. The molecule has 1 heterocycles. The van der Waals surface area contributed by atoms with Crippen molar-refractivity contribution < 1.29 is 26.3 Å². The molecule has 2 nitrogen and oxygen atoms in total. The number of benzene rings is 2. The quantitative estimate of drug-likeness (QED) is 0.234. The molecule has 35 heavy (non-hydrogen) atoms. The van der Waals surface area contributed by atoms with Gasteiger partial charge in [0, 0.05) is 19.3 Å². The second kappa shape index (κ2) is 11.2. The van der Waals surface area contributed by atoms with Gasteiger partial charge in [-0.3, -0.25) is 4.98 Å². The summed E-state index contributed by atoms with van der Waals surface area (Å²) in [5, 5.41) is 2.45. The van der Waals surface area contributed by atoms with Gasteiger partial charge in [0.15, 0.2) is 0 Å². The molecule has 0 aliphatic rings. The number of nitrogens with zero attached hydrogens (tertiary/aromatic N) is 1. The number of pyridine rings is 1. The fraction of sp³-hybridized carbons (Fsp3) is 0.208. The zero-order chi connectivity index (χ0) is 25.8. The largest absolute Gasteiger partial charge is 0.416 e. The van der Waals surface area contributed by atoms with Gasteiger partial charge in [0.25, 0.3) is 0 Å². The minimum Gasteiger partial charge on any atom is -0.307 e. The number of halogens is 9. The van der Waals surface area contributed by atoms with Crippen LogP contribution in [-0.4, -0.2) is 11.2 Å². The normalized spacial score (nSPS) is 12.8. The summed E-state index contributed by atoms with van der Waals surface area (Å²) in [5.74, 6) is 0. The Morgan fingerprint density at radius 1 is 0.886 bits per heavy atom. The molecule has 0 saturated heterocycles. The van der Waals surface area contributed by atoms with Gasteiger partial charge >= 0.3 is 12.4 Å². The van der Waals surface area contributed by atoms with E-state index in [-0.39, 0.29) is 44.8 Å². The topological polar surface area (TPSA) is 24.9 Å². The molecule has 186 valence electrons. The fourth-order valence-electron chi connectivity index (χ4n) is 3.32. The van der Waals surface area contributed by atoms with Crippen LogP contribution in [0.15, 0.2) is 60.8 Å². The third kappa shape index (κ3) is 7.36. The van der Waals surface area contributed by atoms with Crippen molar-refractivity contribution in [2.75, 3.05) is 0 Å². The molecule has 3 rings (SSSR count). The van der Waals surface area contributed by atoms with Crippen LogP contribution in [0.3, 0.4) is 0 Å². The first-order chi connectivity index (χ1) is 16.4. The fourth-order valence-corrected chi connectivity index (χ4v) is 3.92. The number of nitrogens with one attached hydrogen (secondary N) is 1. The molecule has 0 aliphatic carbocycles. The highest BCUT2D eigenvalue weighted by molar-refractivity contribution is 6.48. The Morgan fingerprint density at radius 2 is 1.57 bits per heavy atom. The summed E-state index contributed by atoms with van der Waals surface area (Å²) in [5.41, 5.74) is -1.68. The maximum Gasteiger partial charge on any atom is 0.416 e. The maximum atomic E-state index is 13.7. The van der Waals surface area contributed by atoms with E-state index in [1.165, 1.54) is 12.1 Å². The van der Waals surface area contributed by atoms with Crippen molar-refractivity contribution in [3.8, 4) is 0 Å². The first kappa shape index (κ1) is 27.3. The molecule has 11 heteroatoms. The van der Waals surface area contributed by atoms with Crippen LogP contribution in [0.1, 0.15) is 27.9 Å². The highest BCUT2D eigenvalue weighted by atomic mass is 35.5. The molecular formula is C24H17Cl3F6N2. The van der Waals surface area contributed by atoms with Crippen LogP contribution in [0.5, 0.6) is 0 Å². The Morgan fingerprint density at radius 3 is 2.14 bits per heavy atom. The van der Waals surface area contributed by atoms with Crippen molar-refractivity contribution in [2.45, 2.75) is 31.9 Å². The number of hydrogen-bond donors (Lipinski definition) is 1. The van der Waals surface area contributed by atoms with Crippen molar-refractivity contribution in [3.05, 3.63) is 104 Å². The van der Waals surface area contributed by atoms with Gasteiger partial charge in [-0.25, -0.2) is 0 Å². The van der Waals surface area contributed by atoms with Crippen LogP contribution >= 0.6 is 34.8 Å². The van der Waals surface area contributed by atoms with Gasteiger partial charge in [0.2, 0.25) is 0 Å². The Kier molecular flexibility index (Phi) is 8.75. The molecule has 1 aromatic heterocycles. The summed E-state index contributed by atoms with van der Waals surface area (Å²) in [6, 6.07) is 10.7. The van der Waals surface area contributed by atoms with Gasteiger partial charge in [-0.05, 0) is 53.4 Å². The van der Waals surface area contributed by atoms with E-state index in [1.807, 2.05) is 0 Å². The molecule has 0 atom stereocenters. The van der Waals surface area contributed by atoms with Crippen molar-refractivity contribution in [1.29, 1.82) is 0 Å². The molecule has 0 radical (unpaired) electrons. The van der Waals surface area contributed by atoms with Crippen LogP contribution in [0.25, 0.3) is 5.57 Å². The van der Waals surface area contributed by atoms with Crippen LogP contribution in [0, 0.1) is 0 Å². The number of aromatic nitrogens is 1. The summed E-state index contributed by atoms with van der Waals surface area (Å²) in [7, 11) is 0. The van der Waals surface area contributed by atoms with E-state index in [0.29, 0.717) is 5.69 Å². The molecule has 0 saturated carbocycles. The first-order valence-electron chi connectivity index (χ1n) is 10.1. The Hall–Kier alpha value is -2.26. The number of alkyl halides is 6. The second-order valence-corrected chi connectivity index (χ2v) is 8.68. The predicted octanol–water partition coefficient (Wildman–Crippen LogP) is 8.54. The van der Waals surface area contributed by atoms with Crippen LogP contribution in [0.2, 0.25) is 15.1 Å². The smallest absolute Gasteiger partial charge is 0.307 e. The lowest BCUT2D eigenvalue weighted by molar-refractivity contribution is -0.138. The molecule has 3 aromatic rings. The van der Waals surface area contributed by atoms with Crippen LogP contribution in [0.4, 0.5) is 26.3 Å². The molecule has 1 N–H and O–H groups in total. The predicted molar refractivity (Wildman–Crippen MR) is 125 cm³/mol. The van der Waals surface area contributed by atoms with Gasteiger partial charge in [-0.2, -0.15) is 26.3 Å². The van der Waals surface area contributed by atoms with Gasteiger partial charge in [-0.1, -0.05) is 59.1 Å². The SMILES string of the molecule is FC(F)(F)C(=CCc1ccc(CNCc2ccccn2)c(C(F)(F)F)c1)c1cc(Cl)c(Cl)c(Cl)c1. The van der Waals surface area contributed by atoms with E-state index in [2.05, 4.69) is 10.3 Å². The molecule has 2 aromatic carbocycles. The average Bonchev–Trinajstić information content (AvgIpc) is 2.77. The lowest BCUT2D eigenvalue weighted by Gasteiger charge is -2.16. The lowest BCUT2D eigenvalue weighted by atomic mass is 9.98. The third-order valence-electron chi connectivity index (χ3n) is 4.97. The molecule has 0 unspecified atom stereocenters. The molecule has 0 amide bonds. The van der Waals surface area contributed by atoms with E-state index >= 15 is 0 Å². The lowest BCUT2D eigenvalue weighted by Crippen LogP contribution is -2.18. The van der Waals surface area contributed by atoms with Gasteiger partial charge in [0.05, 0.1) is 31.9 Å². The van der Waals surface area contributed by atoms with E-state index in [0.717, 1.165) is 24.3 Å². The summed E-state index contributed by atoms with van der Waals surface area (Å²) in [6.07, 6.45) is -7.53. The van der Waals surface area contributed by atoms with E-state index in [9.17, 15) is 26.3 Å². The number of allylic oxidation sites excluding steroid dienone is 2. The second-order valence-electron chi connectivity index (χ2n) is 7.49. The molecule has 0 spiro atoms. The van der Waals surface area contributed by atoms with Crippen LogP contribution in [-0.2, 0) is 25.7 Å². The highest BCUT2D eigenvalue weighted by Gasteiger charge is 2.36. The Balaban J connectivity index is 1.86.